The molecule has 2 amide bonds. The highest BCUT2D eigenvalue weighted by Crippen LogP contribution is 2.44. The first-order chi connectivity index (χ1) is 16.5. The van der Waals surface area contributed by atoms with E-state index in [2.05, 4.69) is 17.4 Å². The zero-order valence-electron chi connectivity index (χ0n) is 18.8. The average molecular weight is 481 g/mol. The van der Waals surface area contributed by atoms with Crippen molar-refractivity contribution in [2.45, 2.75) is 48.1 Å². The smallest absolute Gasteiger partial charge is 0.407 e. The lowest BCUT2D eigenvalue weighted by Gasteiger charge is -2.28. The predicted octanol–water partition coefficient (Wildman–Crippen LogP) is 3.86. The number of nitrogens with one attached hydrogen (secondary N) is 1. The Morgan fingerprint density at radius 3 is 2.32 bits per heavy atom. The number of carboxylic acid groups (broad SMARTS) is 1. The maximum Gasteiger partial charge on any atom is 0.407 e. The van der Waals surface area contributed by atoms with E-state index in [1.54, 1.807) is 4.90 Å². The van der Waals surface area contributed by atoms with Gasteiger partial charge in [-0.25, -0.2) is 4.79 Å². The molecule has 2 aromatic carbocycles. The molecular weight excluding hydrogens is 452 g/mol. The van der Waals surface area contributed by atoms with E-state index in [1.807, 2.05) is 48.2 Å². The summed E-state index contributed by atoms with van der Waals surface area (Å²) in [5.74, 6) is -1.59. The first-order valence-electron chi connectivity index (χ1n) is 11.8. The van der Waals surface area contributed by atoms with Gasteiger partial charge in [-0.1, -0.05) is 48.5 Å². The van der Waals surface area contributed by atoms with Gasteiger partial charge in [-0.3, -0.25) is 9.59 Å². The van der Waals surface area contributed by atoms with Crippen molar-refractivity contribution in [3.05, 3.63) is 59.7 Å². The normalized spacial score (nSPS) is 21.8. The van der Waals surface area contributed by atoms with E-state index in [9.17, 15) is 19.5 Å². The number of likely N-dealkylation sites (tertiary alicyclic amines) is 1. The molecule has 0 saturated carbocycles. The number of ether oxygens (including phenoxy) is 1. The van der Waals surface area contributed by atoms with E-state index in [0.717, 1.165) is 35.1 Å². The van der Waals surface area contributed by atoms with E-state index in [-0.39, 0.29) is 18.4 Å². The Bertz CT molecular complexity index is 1060. The standard InChI is InChI=1S/C26H28N2O5S/c29-24(30)13-23(25(31)28-12-11-16-9-10-17(14-28)34-16)27-26(32)33-15-22-20-7-3-1-5-18(20)19-6-2-4-8-21(19)22/h1-8,16-17,22-23H,9-15H2,(H,27,32)(H,29,30). The molecule has 3 aliphatic rings. The summed E-state index contributed by atoms with van der Waals surface area (Å²) in [6.07, 6.45) is 1.90. The molecule has 3 unspecified atom stereocenters. The third-order valence-electron chi connectivity index (χ3n) is 6.96. The van der Waals surface area contributed by atoms with Crippen molar-refractivity contribution in [1.82, 2.24) is 10.2 Å². The summed E-state index contributed by atoms with van der Waals surface area (Å²) in [7, 11) is 0. The minimum atomic E-state index is -1.14. The summed E-state index contributed by atoms with van der Waals surface area (Å²) < 4.78 is 5.55. The van der Waals surface area contributed by atoms with Gasteiger partial charge in [0.1, 0.15) is 12.6 Å². The summed E-state index contributed by atoms with van der Waals surface area (Å²) in [4.78, 5) is 39.0. The molecule has 0 radical (unpaired) electrons. The van der Waals surface area contributed by atoms with Crippen LogP contribution in [0.5, 0.6) is 0 Å². The Morgan fingerprint density at radius 2 is 1.65 bits per heavy atom. The maximum absolute atomic E-state index is 13.2. The summed E-state index contributed by atoms with van der Waals surface area (Å²) in [5.41, 5.74) is 4.43. The van der Waals surface area contributed by atoms with Crippen LogP contribution in [-0.2, 0) is 14.3 Å². The van der Waals surface area contributed by atoms with Gasteiger partial charge in [-0.05, 0) is 41.5 Å². The van der Waals surface area contributed by atoms with Gasteiger partial charge in [-0.15, -0.1) is 0 Å². The second kappa shape index (κ2) is 9.70. The van der Waals surface area contributed by atoms with E-state index in [4.69, 9.17) is 4.74 Å². The van der Waals surface area contributed by atoms with Crippen LogP contribution < -0.4 is 5.32 Å². The van der Waals surface area contributed by atoms with Crippen molar-refractivity contribution in [3.63, 3.8) is 0 Å². The number of rotatable bonds is 6. The number of alkyl carbamates (subject to hydrolysis) is 1. The molecule has 7 nitrogen and oxygen atoms in total. The molecule has 0 aromatic heterocycles. The summed E-state index contributed by atoms with van der Waals surface area (Å²) in [6, 6.07) is 14.9. The molecule has 34 heavy (non-hydrogen) atoms. The number of benzene rings is 2. The van der Waals surface area contributed by atoms with Crippen molar-refractivity contribution in [2.24, 2.45) is 0 Å². The number of nitrogens with zero attached hydrogens (tertiary/aromatic N) is 1. The number of aliphatic carboxylic acids is 1. The SMILES string of the molecule is O=C(O)CC(NC(=O)OCC1c2ccccc2-c2ccccc21)C(=O)N1CCC2CCC(C1)S2. The number of hydrogen-bond donors (Lipinski definition) is 2. The molecule has 2 heterocycles. The van der Waals surface area contributed by atoms with E-state index in [0.29, 0.717) is 23.6 Å². The Balaban J connectivity index is 1.25. The third-order valence-corrected chi connectivity index (χ3v) is 8.59. The Labute approximate surface area is 202 Å². The fourth-order valence-electron chi connectivity index (χ4n) is 5.34. The van der Waals surface area contributed by atoms with Crippen molar-refractivity contribution < 1.29 is 24.2 Å². The van der Waals surface area contributed by atoms with Gasteiger partial charge < -0.3 is 20.1 Å². The topological polar surface area (TPSA) is 95.9 Å². The number of thioether (sulfide) groups is 1. The van der Waals surface area contributed by atoms with Crippen LogP contribution in [0.1, 0.15) is 42.7 Å². The highest BCUT2D eigenvalue weighted by molar-refractivity contribution is 8.00. The van der Waals surface area contributed by atoms with Crippen LogP contribution in [0.4, 0.5) is 4.79 Å². The Kier molecular flexibility index (Phi) is 6.50. The van der Waals surface area contributed by atoms with Gasteiger partial charge in [0.2, 0.25) is 5.91 Å². The van der Waals surface area contributed by atoms with Gasteiger partial charge >= 0.3 is 12.1 Å². The molecule has 2 N–H and O–H groups in total. The predicted molar refractivity (Wildman–Crippen MR) is 130 cm³/mol. The molecule has 2 saturated heterocycles. The van der Waals surface area contributed by atoms with Gasteiger partial charge in [0.15, 0.2) is 0 Å². The first kappa shape index (κ1) is 22.8. The molecule has 1 aliphatic carbocycles. The quantitative estimate of drug-likeness (QED) is 0.652. The molecule has 178 valence electrons. The number of fused-ring (bicyclic) bond motifs is 5. The molecular formula is C26H28N2O5S. The van der Waals surface area contributed by atoms with Crippen LogP contribution in [0.15, 0.2) is 48.5 Å². The van der Waals surface area contributed by atoms with E-state index in [1.165, 1.54) is 6.42 Å². The zero-order valence-corrected chi connectivity index (χ0v) is 19.6. The molecule has 2 fully saturated rings. The summed E-state index contributed by atoms with van der Waals surface area (Å²) in [5, 5.41) is 12.9. The first-order valence-corrected chi connectivity index (χ1v) is 12.7. The van der Waals surface area contributed by atoms with Crippen LogP contribution >= 0.6 is 11.8 Å². The van der Waals surface area contributed by atoms with Crippen LogP contribution in [0, 0.1) is 0 Å². The summed E-state index contributed by atoms with van der Waals surface area (Å²) >= 11 is 1.92. The number of hydrogen-bond acceptors (Lipinski definition) is 5. The second-order valence-corrected chi connectivity index (χ2v) is 10.8. The fourth-order valence-corrected chi connectivity index (χ4v) is 6.94. The largest absolute Gasteiger partial charge is 0.481 e. The highest BCUT2D eigenvalue weighted by Gasteiger charge is 2.36. The monoisotopic (exact) mass is 480 g/mol. The number of amides is 2. The van der Waals surface area contributed by atoms with Crippen molar-refractivity contribution in [1.29, 1.82) is 0 Å². The molecule has 2 aromatic rings. The Morgan fingerprint density at radius 1 is 1.00 bits per heavy atom. The molecule has 2 bridgehead atoms. The zero-order chi connectivity index (χ0) is 23.7. The maximum atomic E-state index is 13.2. The third kappa shape index (κ3) is 4.64. The molecule has 0 spiro atoms. The highest BCUT2D eigenvalue weighted by atomic mass is 32.2. The summed E-state index contributed by atoms with van der Waals surface area (Å²) in [6.45, 7) is 1.30. The number of carbonyl (C=O) groups is 3. The minimum absolute atomic E-state index is 0.107. The fraction of sp³-hybridized carbons (Fsp3) is 0.423. The van der Waals surface area contributed by atoms with Gasteiger partial charge in [0.05, 0.1) is 6.42 Å². The lowest BCUT2D eigenvalue weighted by atomic mass is 9.98. The lowest BCUT2D eigenvalue weighted by Crippen LogP contribution is -2.51. The lowest BCUT2D eigenvalue weighted by molar-refractivity contribution is -0.142. The number of carboxylic acids is 1. The van der Waals surface area contributed by atoms with Gasteiger partial charge in [0, 0.05) is 29.5 Å². The van der Waals surface area contributed by atoms with Crippen LogP contribution in [0.2, 0.25) is 0 Å². The molecule has 3 atom stereocenters. The van der Waals surface area contributed by atoms with E-state index >= 15 is 0 Å². The second-order valence-electron chi connectivity index (χ2n) is 9.15. The van der Waals surface area contributed by atoms with Crippen LogP contribution in [-0.4, -0.2) is 64.2 Å². The molecule has 5 rings (SSSR count). The molecule has 2 aliphatic heterocycles. The molecule has 8 heteroatoms. The Hall–Kier alpha value is -3.00. The number of carbonyl (C=O) groups excluding carboxylic acids is 2. The van der Waals surface area contributed by atoms with Crippen LogP contribution in [0.3, 0.4) is 0 Å². The average Bonchev–Trinajstić information content (AvgIpc) is 3.33. The van der Waals surface area contributed by atoms with Gasteiger partial charge in [-0.2, -0.15) is 11.8 Å². The van der Waals surface area contributed by atoms with Crippen molar-refractivity contribution in [2.75, 3.05) is 19.7 Å². The van der Waals surface area contributed by atoms with Gasteiger partial charge in [0.25, 0.3) is 0 Å². The van der Waals surface area contributed by atoms with E-state index < -0.39 is 24.5 Å². The van der Waals surface area contributed by atoms with Crippen LogP contribution in [0.25, 0.3) is 11.1 Å². The minimum Gasteiger partial charge on any atom is -0.481 e. The van der Waals surface area contributed by atoms with Crippen molar-refractivity contribution >= 4 is 29.7 Å². The van der Waals surface area contributed by atoms with Crippen molar-refractivity contribution in [3.8, 4) is 11.1 Å².